The van der Waals surface area contributed by atoms with Gasteiger partial charge in [-0.1, -0.05) is 35.5 Å². The molecule has 0 amide bonds. The van der Waals surface area contributed by atoms with E-state index >= 15 is 0 Å². The van der Waals surface area contributed by atoms with E-state index in [-0.39, 0.29) is 35.6 Å². The SMILES string of the molecule is CC1OC(=O)c2ccc(Nc3cc(N[C@H](CO)c4ccccc4)c(-c4nc(C56CCN(CC5)CC6)no4)cn3)cc2C12CC2. The minimum absolute atomic E-state index is 0.0357. The molecule has 1 aliphatic carbocycles. The number of nitrogens with one attached hydrogen (secondary N) is 2. The average molecular weight is 593 g/mol. The molecule has 10 heteroatoms. The van der Waals surface area contributed by atoms with E-state index in [0.717, 1.165) is 74.4 Å². The Hall–Kier alpha value is -4.28. The smallest absolute Gasteiger partial charge is 0.338 e. The molecule has 4 fully saturated rings. The van der Waals surface area contributed by atoms with Crippen LogP contribution >= 0.6 is 0 Å². The van der Waals surface area contributed by atoms with Gasteiger partial charge in [0.1, 0.15) is 11.9 Å². The lowest BCUT2D eigenvalue weighted by molar-refractivity contribution is 0.0191. The number of ether oxygens (including phenoxy) is 1. The molecule has 2 aromatic carbocycles. The number of benzene rings is 2. The number of hydrogen-bond acceptors (Lipinski definition) is 10. The molecular formula is C34H36N6O4. The van der Waals surface area contributed by atoms with Crippen LogP contribution in [-0.2, 0) is 15.6 Å². The maximum Gasteiger partial charge on any atom is 0.338 e. The van der Waals surface area contributed by atoms with Gasteiger partial charge in [-0.15, -0.1) is 0 Å². The van der Waals surface area contributed by atoms with E-state index < -0.39 is 0 Å². The molecule has 1 spiro atoms. The van der Waals surface area contributed by atoms with Crippen molar-refractivity contribution in [2.24, 2.45) is 0 Å². The number of fused-ring (bicyclic) bond motifs is 5. The average Bonchev–Trinajstić information content (AvgIpc) is 3.72. The van der Waals surface area contributed by atoms with Gasteiger partial charge < -0.3 is 29.9 Å². The Morgan fingerprint density at radius 3 is 2.52 bits per heavy atom. The van der Waals surface area contributed by atoms with Crippen molar-refractivity contribution in [3.05, 3.63) is 83.3 Å². The fraction of sp³-hybridized carbons (Fsp3) is 0.412. The number of carbonyl (C=O) groups excluding carboxylic acids is 1. The Balaban J connectivity index is 1.14. The highest BCUT2D eigenvalue weighted by atomic mass is 16.5. The third kappa shape index (κ3) is 4.55. The summed E-state index contributed by atoms with van der Waals surface area (Å²) in [5.74, 6) is 1.53. The first-order chi connectivity index (χ1) is 21.5. The molecule has 3 N–H and O–H groups in total. The second-order valence-electron chi connectivity index (χ2n) is 12.8. The van der Waals surface area contributed by atoms with Crippen LogP contribution in [0.4, 0.5) is 17.2 Å². The first-order valence-electron chi connectivity index (χ1n) is 15.6. The van der Waals surface area contributed by atoms with Crippen LogP contribution in [0, 0.1) is 0 Å². The van der Waals surface area contributed by atoms with Crippen molar-refractivity contribution < 1.29 is 19.2 Å². The van der Waals surface area contributed by atoms with Crippen LogP contribution < -0.4 is 10.6 Å². The number of aromatic nitrogens is 3. The Kier molecular flexibility index (Phi) is 6.46. The monoisotopic (exact) mass is 592 g/mol. The number of piperidine rings is 3. The van der Waals surface area contributed by atoms with E-state index in [1.54, 1.807) is 6.20 Å². The number of nitrogens with zero attached hydrogens (tertiary/aromatic N) is 4. The Bertz CT molecular complexity index is 1700. The molecule has 6 heterocycles. The van der Waals surface area contributed by atoms with Crippen molar-refractivity contribution in [2.45, 2.75) is 62.0 Å². The first kappa shape index (κ1) is 27.3. The zero-order valence-electron chi connectivity index (χ0n) is 24.8. The minimum Gasteiger partial charge on any atom is -0.458 e. The van der Waals surface area contributed by atoms with Gasteiger partial charge in [0.05, 0.1) is 29.5 Å². The van der Waals surface area contributed by atoms with E-state index in [1.807, 2.05) is 55.5 Å². The maximum absolute atomic E-state index is 12.6. The number of anilines is 3. The Morgan fingerprint density at radius 2 is 1.80 bits per heavy atom. The molecule has 1 saturated carbocycles. The van der Waals surface area contributed by atoms with E-state index in [2.05, 4.69) is 26.8 Å². The van der Waals surface area contributed by atoms with Crippen molar-refractivity contribution in [1.29, 1.82) is 0 Å². The summed E-state index contributed by atoms with van der Waals surface area (Å²) in [6.07, 6.45) is 6.73. The summed E-state index contributed by atoms with van der Waals surface area (Å²) in [6.45, 7) is 5.08. The normalized spacial score (nSPS) is 25.3. The highest BCUT2D eigenvalue weighted by Gasteiger charge is 2.55. The standard InChI is InChI=1S/C34H36N6O4/c1-21-34(9-10-34)26-17-23(7-8-24(26)31(42)43-21)36-29-18-27(37-28(20-41)22-5-3-2-4-6-22)25(19-35-29)30-38-32(39-44-30)33-11-14-40(15-12-33)16-13-33/h2-8,17-19,21,28,41H,9-16,20H2,1H3,(H2,35,36,37)/t21?,28-/m1/s1. The number of rotatable bonds is 8. The van der Waals surface area contributed by atoms with Crippen LogP contribution in [0.5, 0.6) is 0 Å². The van der Waals surface area contributed by atoms with E-state index in [0.29, 0.717) is 28.5 Å². The molecule has 226 valence electrons. The summed E-state index contributed by atoms with van der Waals surface area (Å²) in [4.78, 5) is 24.8. The fourth-order valence-electron chi connectivity index (χ4n) is 7.36. The minimum atomic E-state index is -0.361. The predicted octanol–water partition coefficient (Wildman–Crippen LogP) is 5.35. The summed E-state index contributed by atoms with van der Waals surface area (Å²) in [7, 11) is 0. The van der Waals surface area contributed by atoms with Gasteiger partial charge in [0.2, 0.25) is 0 Å². The van der Waals surface area contributed by atoms with Crippen molar-refractivity contribution in [3.8, 4) is 11.5 Å². The van der Waals surface area contributed by atoms with Crippen molar-refractivity contribution >= 4 is 23.2 Å². The van der Waals surface area contributed by atoms with E-state index in [1.165, 1.54) is 0 Å². The summed E-state index contributed by atoms with van der Waals surface area (Å²) in [5.41, 5.74) is 4.73. The summed E-state index contributed by atoms with van der Waals surface area (Å²) >= 11 is 0. The molecule has 2 aromatic heterocycles. The molecule has 4 aromatic rings. The zero-order chi connectivity index (χ0) is 29.9. The molecule has 10 nitrogen and oxygen atoms in total. The van der Waals surface area contributed by atoms with Gasteiger partial charge in [0.25, 0.3) is 5.89 Å². The summed E-state index contributed by atoms with van der Waals surface area (Å²) in [5, 5.41) is 21.8. The second kappa shape index (κ2) is 10.4. The van der Waals surface area contributed by atoms with Crippen molar-refractivity contribution in [2.75, 3.05) is 36.9 Å². The van der Waals surface area contributed by atoms with Crippen LogP contribution in [0.15, 0.2) is 65.3 Å². The lowest BCUT2D eigenvalue weighted by Crippen LogP contribution is -2.51. The summed E-state index contributed by atoms with van der Waals surface area (Å²) < 4.78 is 11.5. The molecule has 3 saturated heterocycles. The first-order valence-corrected chi connectivity index (χ1v) is 15.6. The van der Waals surface area contributed by atoms with Crippen LogP contribution in [0.1, 0.15) is 72.4 Å². The van der Waals surface area contributed by atoms with Gasteiger partial charge in [0.15, 0.2) is 5.82 Å². The Labute approximate surface area is 255 Å². The largest absolute Gasteiger partial charge is 0.458 e. The highest BCUT2D eigenvalue weighted by Crippen LogP contribution is 2.55. The van der Waals surface area contributed by atoms with E-state index in [4.69, 9.17) is 19.2 Å². The van der Waals surface area contributed by atoms with Gasteiger partial charge in [-0.05, 0) is 88.0 Å². The predicted molar refractivity (Wildman–Crippen MR) is 165 cm³/mol. The van der Waals surface area contributed by atoms with Gasteiger partial charge in [-0.2, -0.15) is 4.98 Å². The number of pyridine rings is 1. The molecule has 44 heavy (non-hydrogen) atoms. The number of hydrogen-bond donors (Lipinski definition) is 3. The third-order valence-corrected chi connectivity index (χ3v) is 10.4. The van der Waals surface area contributed by atoms with Gasteiger partial charge in [-0.25, -0.2) is 9.78 Å². The molecular weight excluding hydrogens is 556 g/mol. The second-order valence-corrected chi connectivity index (χ2v) is 12.8. The van der Waals surface area contributed by atoms with Gasteiger partial charge in [-0.3, -0.25) is 0 Å². The number of esters is 1. The quantitative estimate of drug-likeness (QED) is 0.231. The van der Waals surface area contributed by atoms with Gasteiger partial charge in [0, 0.05) is 28.8 Å². The Morgan fingerprint density at radius 1 is 1.02 bits per heavy atom. The third-order valence-electron chi connectivity index (χ3n) is 10.4. The molecule has 4 aliphatic heterocycles. The van der Waals surface area contributed by atoms with Crippen LogP contribution in [0.3, 0.4) is 0 Å². The maximum atomic E-state index is 12.6. The molecule has 9 rings (SSSR count). The molecule has 5 aliphatic rings. The number of cyclic esters (lactones) is 1. The zero-order valence-corrected chi connectivity index (χ0v) is 24.8. The lowest BCUT2D eigenvalue weighted by Gasteiger charge is -2.46. The highest BCUT2D eigenvalue weighted by molar-refractivity contribution is 5.94. The number of carbonyl (C=O) groups is 1. The molecule has 2 atom stereocenters. The van der Waals surface area contributed by atoms with Crippen molar-refractivity contribution in [1.82, 2.24) is 20.0 Å². The van der Waals surface area contributed by atoms with Crippen molar-refractivity contribution in [3.63, 3.8) is 0 Å². The molecule has 1 unspecified atom stereocenters. The molecule has 0 radical (unpaired) electrons. The van der Waals surface area contributed by atoms with E-state index in [9.17, 15) is 9.90 Å². The lowest BCUT2D eigenvalue weighted by atomic mass is 9.71. The van der Waals surface area contributed by atoms with Crippen LogP contribution in [0.25, 0.3) is 11.5 Å². The number of aliphatic hydroxyl groups excluding tert-OH is 1. The van der Waals surface area contributed by atoms with Gasteiger partial charge >= 0.3 is 5.97 Å². The topological polar surface area (TPSA) is 126 Å². The summed E-state index contributed by atoms with van der Waals surface area (Å²) in [6, 6.07) is 17.2. The van der Waals surface area contributed by atoms with Crippen LogP contribution in [-0.4, -0.2) is 63.4 Å². The van der Waals surface area contributed by atoms with Crippen LogP contribution in [0.2, 0.25) is 0 Å². The molecule has 2 bridgehead atoms. The number of aliphatic hydroxyl groups is 1. The fourth-order valence-corrected chi connectivity index (χ4v) is 7.36.